The molecule has 0 saturated carbocycles. The number of furan rings is 1. The summed E-state index contributed by atoms with van der Waals surface area (Å²) in [6.45, 7) is 0. The number of benzene rings is 1. The molecule has 0 amide bonds. The van der Waals surface area contributed by atoms with Gasteiger partial charge in [-0.3, -0.25) is 4.90 Å². The van der Waals surface area contributed by atoms with Crippen molar-refractivity contribution >= 4 is 21.7 Å². The number of hydrogen-bond acceptors (Lipinski definition) is 6. The van der Waals surface area contributed by atoms with Gasteiger partial charge in [-0.1, -0.05) is 23.5 Å². The van der Waals surface area contributed by atoms with E-state index >= 15 is 0 Å². The summed E-state index contributed by atoms with van der Waals surface area (Å²) in [5.41, 5.74) is 1.80. The second-order valence-electron chi connectivity index (χ2n) is 5.86. The molecule has 0 bridgehead atoms. The molecule has 4 aromatic rings. The first-order valence-electron chi connectivity index (χ1n) is 7.90. The van der Waals surface area contributed by atoms with Crippen molar-refractivity contribution in [3.8, 4) is 10.9 Å². The number of rotatable bonds is 5. The smallest absolute Gasteiger partial charge is 0.281 e. The Kier molecular flexibility index (Phi) is 4.21. The van der Waals surface area contributed by atoms with Crippen LogP contribution in [-0.2, 0) is 0 Å². The van der Waals surface area contributed by atoms with Gasteiger partial charge in [0.1, 0.15) is 11.5 Å². The maximum Gasteiger partial charge on any atom is 0.281 e. The van der Waals surface area contributed by atoms with Crippen molar-refractivity contribution in [2.45, 2.75) is 6.04 Å². The van der Waals surface area contributed by atoms with E-state index in [0.717, 1.165) is 21.8 Å². The van der Waals surface area contributed by atoms with E-state index in [2.05, 4.69) is 20.9 Å². The largest absolute Gasteiger partial charge is 0.467 e. The highest BCUT2D eigenvalue weighted by Crippen LogP contribution is 2.33. The van der Waals surface area contributed by atoms with E-state index < -0.39 is 0 Å². The number of hydrogen-bond donors (Lipinski definition) is 0. The van der Waals surface area contributed by atoms with Crippen LogP contribution in [0, 0.1) is 0 Å². The maximum atomic E-state index is 5.97. The van der Waals surface area contributed by atoms with Gasteiger partial charge in [0, 0.05) is 6.20 Å². The van der Waals surface area contributed by atoms with E-state index in [-0.39, 0.29) is 6.04 Å². The van der Waals surface area contributed by atoms with Gasteiger partial charge in [-0.25, -0.2) is 4.98 Å². The Bertz CT molecular complexity index is 946. The molecule has 5 nitrogen and oxygen atoms in total. The third kappa shape index (κ3) is 3.26. The van der Waals surface area contributed by atoms with Gasteiger partial charge < -0.3 is 9.15 Å². The summed E-state index contributed by atoms with van der Waals surface area (Å²) in [5.74, 6) is 1.64. The number of pyridine rings is 1. The number of fused-ring (bicyclic) bond motifs is 1. The number of thiazole rings is 1. The van der Waals surface area contributed by atoms with E-state index in [1.54, 1.807) is 12.5 Å². The molecule has 0 saturated heterocycles. The van der Waals surface area contributed by atoms with Crippen LogP contribution >= 0.6 is 11.3 Å². The highest BCUT2D eigenvalue weighted by atomic mass is 32.1. The monoisotopic (exact) mass is 351 g/mol. The summed E-state index contributed by atoms with van der Waals surface area (Å²) >= 11 is 1.49. The summed E-state index contributed by atoms with van der Waals surface area (Å²) in [6, 6.07) is 15.8. The standard InChI is InChI=1S/C19H17N3O2S/c1-22(2)17(15-8-5-11-23-15)13-6-3-7-14(12-13)24-19-21-18-16(25-19)9-4-10-20-18/h3-12,17H,1-2H3. The van der Waals surface area contributed by atoms with Gasteiger partial charge in [0.15, 0.2) is 5.65 Å². The molecule has 4 rings (SSSR count). The third-order valence-electron chi connectivity index (χ3n) is 3.85. The van der Waals surface area contributed by atoms with Gasteiger partial charge in [-0.2, -0.15) is 4.98 Å². The average molecular weight is 351 g/mol. The topological polar surface area (TPSA) is 51.4 Å². The third-order valence-corrected chi connectivity index (χ3v) is 4.74. The Hall–Kier alpha value is -2.70. The van der Waals surface area contributed by atoms with Crippen LogP contribution in [0.4, 0.5) is 0 Å². The summed E-state index contributed by atoms with van der Waals surface area (Å²) in [7, 11) is 4.06. The first kappa shape index (κ1) is 15.8. The fourth-order valence-electron chi connectivity index (χ4n) is 2.81. The molecular formula is C19H17N3O2S. The lowest BCUT2D eigenvalue weighted by molar-refractivity contribution is 0.296. The van der Waals surface area contributed by atoms with Gasteiger partial charge in [0.2, 0.25) is 0 Å². The SMILES string of the molecule is CN(C)C(c1cccc(Oc2nc3ncccc3s2)c1)c1ccco1. The highest BCUT2D eigenvalue weighted by molar-refractivity contribution is 7.20. The fraction of sp³-hybridized carbons (Fsp3) is 0.158. The van der Waals surface area contributed by atoms with Crippen molar-refractivity contribution in [3.05, 3.63) is 72.3 Å². The molecule has 0 aliphatic heterocycles. The van der Waals surface area contributed by atoms with E-state index in [0.29, 0.717) is 10.8 Å². The molecule has 0 fully saturated rings. The van der Waals surface area contributed by atoms with Crippen LogP contribution in [0.25, 0.3) is 10.3 Å². The lowest BCUT2D eigenvalue weighted by Gasteiger charge is -2.23. The van der Waals surface area contributed by atoms with Crippen LogP contribution in [0.2, 0.25) is 0 Å². The molecule has 0 aliphatic rings. The molecule has 6 heteroatoms. The first-order chi connectivity index (χ1) is 12.2. The summed E-state index contributed by atoms with van der Waals surface area (Å²) in [4.78, 5) is 10.8. The summed E-state index contributed by atoms with van der Waals surface area (Å²) in [6.07, 6.45) is 3.43. The zero-order valence-corrected chi connectivity index (χ0v) is 14.7. The van der Waals surface area contributed by atoms with Gasteiger partial charge >= 0.3 is 0 Å². The Morgan fingerprint density at radius 2 is 2.04 bits per heavy atom. The zero-order chi connectivity index (χ0) is 17.2. The molecule has 0 radical (unpaired) electrons. The predicted octanol–water partition coefficient (Wildman–Crippen LogP) is 4.73. The minimum Gasteiger partial charge on any atom is -0.467 e. The van der Waals surface area contributed by atoms with Crippen molar-refractivity contribution in [3.63, 3.8) is 0 Å². The van der Waals surface area contributed by atoms with Gasteiger partial charge in [0.25, 0.3) is 5.19 Å². The fourth-order valence-corrected chi connectivity index (χ4v) is 3.60. The Labute approximate surface area is 149 Å². The maximum absolute atomic E-state index is 5.97. The van der Waals surface area contributed by atoms with Crippen molar-refractivity contribution in [1.82, 2.24) is 14.9 Å². The van der Waals surface area contributed by atoms with E-state index in [1.807, 2.05) is 56.6 Å². The number of aromatic nitrogens is 2. The Morgan fingerprint density at radius 3 is 2.80 bits per heavy atom. The second-order valence-corrected chi connectivity index (χ2v) is 6.85. The number of nitrogens with zero attached hydrogens (tertiary/aromatic N) is 3. The predicted molar refractivity (Wildman–Crippen MR) is 98.2 cm³/mol. The minimum atomic E-state index is 0.0237. The van der Waals surface area contributed by atoms with Crippen molar-refractivity contribution < 1.29 is 9.15 Å². The van der Waals surface area contributed by atoms with E-state index in [1.165, 1.54) is 11.3 Å². The van der Waals surface area contributed by atoms with Crippen LogP contribution in [-0.4, -0.2) is 29.0 Å². The van der Waals surface area contributed by atoms with Crippen LogP contribution < -0.4 is 4.74 Å². The summed E-state index contributed by atoms with van der Waals surface area (Å²) in [5, 5.41) is 0.588. The Morgan fingerprint density at radius 1 is 1.12 bits per heavy atom. The molecule has 1 unspecified atom stereocenters. The average Bonchev–Trinajstić information content (AvgIpc) is 3.24. The van der Waals surface area contributed by atoms with E-state index in [4.69, 9.17) is 9.15 Å². The molecule has 1 atom stereocenters. The molecule has 25 heavy (non-hydrogen) atoms. The zero-order valence-electron chi connectivity index (χ0n) is 13.9. The van der Waals surface area contributed by atoms with Crippen molar-refractivity contribution in [2.75, 3.05) is 14.1 Å². The highest BCUT2D eigenvalue weighted by Gasteiger charge is 2.20. The molecule has 126 valence electrons. The molecule has 0 spiro atoms. The Balaban J connectivity index is 1.64. The molecule has 0 aliphatic carbocycles. The number of ether oxygens (including phenoxy) is 1. The molecule has 1 aromatic carbocycles. The quantitative estimate of drug-likeness (QED) is 0.520. The summed E-state index contributed by atoms with van der Waals surface area (Å²) < 4.78 is 12.6. The van der Waals surface area contributed by atoms with Gasteiger partial charge in [-0.15, -0.1) is 0 Å². The van der Waals surface area contributed by atoms with Crippen LogP contribution in [0.5, 0.6) is 10.9 Å². The normalized spacial score (nSPS) is 12.6. The van der Waals surface area contributed by atoms with Gasteiger partial charge in [0.05, 0.1) is 17.0 Å². The minimum absolute atomic E-state index is 0.0237. The van der Waals surface area contributed by atoms with Crippen molar-refractivity contribution in [1.29, 1.82) is 0 Å². The van der Waals surface area contributed by atoms with Crippen molar-refractivity contribution in [2.24, 2.45) is 0 Å². The van der Waals surface area contributed by atoms with Gasteiger partial charge in [-0.05, 0) is 56.1 Å². The lowest BCUT2D eigenvalue weighted by Crippen LogP contribution is -2.20. The molecule has 3 aromatic heterocycles. The molecule has 0 N–H and O–H groups in total. The van der Waals surface area contributed by atoms with Crippen LogP contribution in [0.3, 0.4) is 0 Å². The van der Waals surface area contributed by atoms with E-state index in [9.17, 15) is 0 Å². The second kappa shape index (κ2) is 6.66. The lowest BCUT2D eigenvalue weighted by atomic mass is 10.0. The van der Waals surface area contributed by atoms with Crippen LogP contribution in [0.1, 0.15) is 17.4 Å². The molecular weight excluding hydrogens is 334 g/mol. The molecule has 3 heterocycles. The first-order valence-corrected chi connectivity index (χ1v) is 8.71. The van der Waals surface area contributed by atoms with Crippen LogP contribution in [0.15, 0.2) is 65.4 Å².